The Kier molecular flexibility index (Phi) is 6.80. The number of amides is 1. The standard InChI is InChI=1S/C19H17FN4O4S/c1-27-18(26)12-6-2-4-8-14(12)21-17(25)11-29-19-22-16(23-24-19)10-28-15-9-5-3-7-13(15)20/h2-9H,10-11H2,1H3,(H,21,25)(H,22,23,24). The number of benzene rings is 2. The van der Waals surface area contributed by atoms with Crippen LogP contribution in [0.5, 0.6) is 5.75 Å². The van der Waals surface area contributed by atoms with Crippen molar-refractivity contribution in [2.45, 2.75) is 11.8 Å². The fourth-order valence-electron chi connectivity index (χ4n) is 2.31. The molecule has 0 radical (unpaired) electrons. The second-order valence-electron chi connectivity index (χ2n) is 5.66. The van der Waals surface area contributed by atoms with Crippen LogP contribution in [0.2, 0.25) is 0 Å². The highest BCUT2D eigenvalue weighted by Gasteiger charge is 2.14. The normalized spacial score (nSPS) is 10.4. The van der Waals surface area contributed by atoms with Crippen molar-refractivity contribution in [1.29, 1.82) is 0 Å². The largest absolute Gasteiger partial charge is 0.483 e. The number of aromatic amines is 1. The number of anilines is 1. The number of H-pyrrole nitrogens is 1. The quantitative estimate of drug-likeness (QED) is 0.429. The summed E-state index contributed by atoms with van der Waals surface area (Å²) in [4.78, 5) is 28.1. The summed E-state index contributed by atoms with van der Waals surface area (Å²) in [5.74, 6) is -0.803. The van der Waals surface area contributed by atoms with Gasteiger partial charge in [0.05, 0.1) is 24.1 Å². The van der Waals surface area contributed by atoms with Crippen LogP contribution < -0.4 is 10.1 Å². The van der Waals surface area contributed by atoms with Gasteiger partial charge < -0.3 is 14.8 Å². The highest BCUT2D eigenvalue weighted by molar-refractivity contribution is 7.99. The molecule has 0 aliphatic carbocycles. The van der Waals surface area contributed by atoms with Gasteiger partial charge in [0.1, 0.15) is 6.61 Å². The first-order chi connectivity index (χ1) is 14.1. The molecule has 1 heterocycles. The molecule has 3 rings (SSSR count). The third kappa shape index (κ3) is 5.55. The van der Waals surface area contributed by atoms with Crippen molar-refractivity contribution in [3.05, 3.63) is 65.7 Å². The fraction of sp³-hybridized carbons (Fsp3) is 0.158. The van der Waals surface area contributed by atoms with Gasteiger partial charge in [0.15, 0.2) is 17.4 Å². The molecule has 0 aliphatic rings. The number of carbonyl (C=O) groups excluding carboxylic acids is 2. The maximum atomic E-state index is 13.5. The van der Waals surface area contributed by atoms with Gasteiger partial charge in [-0.1, -0.05) is 36.0 Å². The Morgan fingerprint density at radius 3 is 2.72 bits per heavy atom. The number of carbonyl (C=O) groups is 2. The predicted molar refractivity (Wildman–Crippen MR) is 104 cm³/mol. The zero-order valence-corrected chi connectivity index (χ0v) is 16.2. The average Bonchev–Trinajstić information content (AvgIpc) is 3.19. The number of nitrogens with one attached hydrogen (secondary N) is 2. The Bertz CT molecular complexity index is 1010. The minimum absolute atomic E-state index is 0.00714. The van der Waals surface area contributed by atoms with E-state index in [1.807, 2.05) is 0 Å². The molecule has 2 N–H and O–H groups in total. The predicted octanol–water partition coefficient (Wildman–Crippen LogP) is 3.04. The third-order valence-electron chi connectivity index (χ3n) is 3.65. The summed E-state index contributed by atoms with van der Waals surface area (Å²) in [5, 5.41) is 9.67. The first-order valence-electron chi connectivity index (χ1n) is 8.45. The maximum absolute atomic E-state index is 13.5. The van der Waals surface area contributed by atoms with E-state index in [2.05, 4.69) is 20.5 Å². The van der Waals surface area contributed by atoms with Gasteiger partial charge in [-0.3, -0.25) is 9.89 Å². The first kappa shape index (κ1) is 20.3. The SMILES string of the molecule is COC(=O)c1ccccc1NC(=O)CSc1n[nH]c(COc2ccccc2F)n1. The molecular formula is C19H17FN4O4S. The second-order valence-corrected chi connectivity index (χ2v) is 6.60. The molecule has 10 heteroatoms. The Morgan fingerprint density at radius 1 is 1.17 bits per heavy atom. The van der Waals surface area contributed by atoms with Crippen LogP contribution in [0.1, 0.15) is 16.2 Å². The number of hydrogen-bond donors (Lipinski definition) is 2. The van der Waals surface area contributed by atoms with E-state index in [1.54, 1.807) is 36.4 Å². The van der Waals surface area contributed by atoms with E-state index in [0.717, 1.165) is 11.8 Å². The molecule has 1 aromatic heterocycles. The van der Waals surface area contributed by atoms with Gasteiger partial charge in [-0.05, 0) is 24.3 Å². The van der Waals surface area contributed by atoms with Crippen molar-refractivity contribution in [1.82, 2.24) is 15.2 Å². The molecule has 1 amide bonds. The van der Waals surface area contributed by atoms with Crippen molar-refractivity contribution >= 4 is 29.3 Å². The van der Waals surface area contributed by atoms with Gasteiger partial charge in [0, 0.05) is 0 Å². The lowest BCUT2D eigenvalue weighted by Gasteiger charge is -2.08. The summed E-state index contributed by atoms with van der Waals surface area (Å²) in [5.41, 5.74) is 0.623. The molecule has 150 valence electrons. The molecule has 0 saturated carbocycles. The minimum Gasteiger partial charge on any atom is -0.483 e. The number of methoxy groups -OCH3 is 1. The van der Waals surface area contributed by atoms with E-state index in [-0.39, 0.29) is 29.6 Å². The van der Waals surface area contributed by atoms with Crippen LogP contribution in [-0.2, 0) is 16.1 Å². The lowest BCUT2D eigenvalue weighted by Crippen LogP contribution is -2.17. The number of rotatable bonds is 8. The number of nitrogens with zero attached hydrogens (tertiary/aromatic N) is 2. The van der Waals surface area contributed by atoms with Gasteiger partial charge >= 0.3 is 5.97 Å². The molecule has 0 bridgehead atoms. The number of hydrogen-bond acceptors (Lipinski definition) is 7. The number of halogens is 1. The summed E-state index contributed by atoms with van der Waals surface area (Å²) in [6.45, 7) is 0.00714. The molecule has 29 heavy (non-hydrogen) atoms. The van der Waals surface area contributed by atoms with E-state index in [1.165, 1.54) is 19.2 Å². The van der Waals surface area contributed by atoms with E-state index in [4.69, 9.17) is 9.47 Å². The van der Waals surface area contributed by atoms with Crippen LogP contribution in [0.25, 0.3) is 0 Å². The summed E-state index contributed by atoms with van der Waals surface area (Å²) >= 11 is 1.10. The molecule has 0 fully saturated rings. The number of thioether (sulfide) groups is 1. The summed E-state index contributed by atoms with van der Waals surface area (Å²) in [6, 6.07) is 12.6. The summed E-state index contributed by atoms with van der Waals surface area (Å²) < 4.78 is 23.6. The van der Waals surface area contributed by atoms with E-state index < -0.39 is 11.8 Å². The molecule has 0 aliphatic heterocycles. The van der Waals surface area contributed by atoms with Crippen LogP contribution >= 0.6 is 11.8 Å². The number of aromatic nitrogens is 3. The number of esters is 1. The molecule has 8 nitrogen and oxygen atoms in total. The van der Waals surface area contributed by atoms with Crippen LogP contribution in [0.3, 0.4) is 0 Å². The lowest BCUT2D eigenvalue weighted by molar-refractivity contribution is -0.113. The molecule has 0 atom stereocenters. The highest BCUT2D eigenvalue weighted by Crippen LogP contribution is 2.19. The van der Waals surface area contributed by atoms with E-state index in [0.29, 0.717) is 16.7 Å². The van der Waals surface area contributed by atoms with Gasteiger partial charge in [-0.15, -0.1) is 5.10 Å². The molecule has 0 unspecified atom stereocenters. The van der Waals surface area contributed by atoms with Crippen molar-refractivity contribution in [3.63, 3.8) is 0 Å². The third-order valence-corrected chi connectivity index (χ3v) is 4.50. The summed E-state index contributed by atoms with van der Waals surface area (Å²) in [6.07, 6.45) is 0. The molecule has 0 saturated heterocycles. The van der Waals surface area contributed by atoms with E-state index in [9.17, 15) is 14.0 Å². The first-order valence-corrected chi connectivity index (χ1v) is 9.44. The van der Waals surface area contributed by atoms with Crippen molar-refractivity contribution < 1.29 is 23.5 Å². The minimum atomic E-state index is -0.540. The number of para-hydroxylation sites is 2. The van der Waals surface area contributed by atoms with Gasteiger partial charge in [0.25, 0.3) is 0 Å². The molecule has 2 aromatic carbocycles. The van der Waals surface area contributed by atoms with Crippen LogP contribution in [0.15, 0.2) is 53.7 Å². The Hall–Kier alpha value is -3.40. The Morgan fingerprint density at radius 2 is 1.93 bits per heavy atom. The topological polar surface area (TPSA) is 106 Å². The molecular weight excluding hydrogens is 399 g/mol. The number of ether oxygens (including phenoxy) is 2. The van der Waals surface area contributed by atoms with Crippen molar-refractivity contribution in [3.8, 4) is 5.75 Å². The Balaban J connectivity index is 1.51. The molecule has 3 aromatic rings. The fourth-order valence-corrected chi connectivity index (χ4v) is 2.93. The van der Waals surface area contributed by atoms with Crippen molar-refractivity contribution in [2.24, 2.45) is 0 Å². The smallest absolute Gasteiger partial charge is 0.339 e. The maximum Gasteiger partial charge on any atom is 0.339 e. The average molecular weight is 416 g/mol. The van der Waals surface area contributed by atoms with Crippen molar-refractivity contribution in [2.75, 3.05) is 18.2 Å². The van der Waals surface area contributed by atoms with Gasteiger partial charge in [0.2, 0.25) is 11.1 Å². The Labute approximate surface area is 169 Å². The zero-order valence-electron chi connectivity index (χ0n) is 15.3. The second kappa shape index (κ2) is 9.69. The van der Waals surface area contributed by atoms with Crippen LogP contribution in [0, 0.1) is 5.82 Å². The highest BCUT2D eigenvalue weighted by atomic mass is 32.2. The van der Waals surface area contributed by atoms with Gasteiger partial charge in [-0.2, -0.15) is 0 Å². The van der Waals surface area contributed by atoms with Gasteiger partial charge in [-0.25, -0.2) is 14.2 Å². The van der Waals surface area contributed by atoms with E-state index >= 15 is 0 Å². The lowest BCUT2D eigenvalue weighted by atomic mass is 10.2. The monoisotopic (exact) mass is 416 g/mol. The van der Waals surface area contributed by atoms with Crippen LogP contribution in [-0.4, -0.2) is 39.9 Å². The van der Waals surface area contributed by atoms with Crippen LogP contribution in [0.4, 0.5) is 10.1 Å². The molecule has 0 spiro atoms. The summed E-state index contributed by atoms with van der Waals surface area (Å²) in [7, 11) is 1.27. The zero-order chi connectivity index (χ0) is 20.6.